The Morgan fingerprint density at radius 1 is 1.33 bits per heavy atom. The zero-order valence-corrected chi connectivity index (χ0v) is 10.4. The quantitative estimate of drug-likeness (QED) is 0.758. The summed E-state index contributed by atoms with van der Waals surface area (Å²) >= 11 is 0. The molecule has 15 heavy (non-hydrogen) atoms. The van der Waals surface area contributed by atoms with Gasteiger partial charge in [-0.2, -0.15) is 0 Å². The molecule has 2 nitrogen and oxygen atoms in total. The Kier molecular flexibility index (Phi) is 3.09. The number of hydrogen-bond donors (Lipinski definition) is 1. The van der Waals surface area contributed by atoms with Crippen LogP contribution in [-0.4, -0.2) is 24.3 Å². The zero-order chi connectivity index (χ0) is 10.9. The first-order valence-electron chi connectivity index (χ1n) is 6.55. The normalized spacial score (nSPS) is 46.2. The number of nitrogens with one attached hydrogen (secondary N) is 1. The molecule has 0 aromatic heterocycles. The fourth-order valence-electron chi connectivity index (χ4n) is 3.36. The molecule has 88 valence electrons. The second-order valence-corrected chi connectivity index (χ2v) is 5.57. The van der Waals surface area contributed by atoms with Crippen molar-refractivity contribution in [3.63, 3.8) is 0 Å². The summed E-state index contributed by atoms with van der Waals surface area (Å²) in [5.41, 5.74) is 0.230. The number of hydrogen-bond acceptors (Lipinski definition) is 2. The van der Waals surface area contributed by atoms with Crippen LogP contribution in [0.2, 0.25) is 0 Å². The summed E-state index contributed by atoms with van der Waals surface area (Å²) in [7, 11) is 0. The maximum atomic E-state index is 6.51. The average molecular weight is 211 g/mol. The van der Waals surface area contributed by atoms with Crippen LogP contribution in [0.4, 0.5) is 0 Å². The lowest BCUT2D eigenvalue weighted by Gasteiger charge is -2.48. The summed E-state index contributed by atoms with van der Waals surface area (Å²) in [4.78, 5) is 0. The molecule has 1 N–H and O–H groups in total. The van der Waals surface area contributed by atoms with Crippen LogP contribution in [0.15, 0.2) is 0 Å². The molecule has 1 saturated heterocycles. The van der Waals surface area contributed by atoms with Crippen LogP contribution in [0.1, 0.15) is 52.9 Å². The summed E-state index contributed by atoms with van der Waals surface area (Å²) in [6, 6.07) is 0. The molecule has 0 aromatic carbocycles. The maximum Gasteiger partial charge on any atom is 0.0842 e. The van der Waals surface area contributed by atoms with Gasteiger partial charge in [0, 0.05) is 13.1 Å². The van der Waals surface area contributed by atoms with Crippen molar-refractivity contribution in [1.82, 2.24) is 5.32 Å². The Morgan fingerprint density at radius 3 is 2.80 bits per heavy atom. The molecule has 2 rings (SSSR count). The van der Waals surface area contributed by atoms with Crippen molar-refractivity contribution in [3.8, 4) is 0 Å². The lowest BCUT2D eigenvalue weighted by Crippen LogP contribution is -2.60. The standard InChI is InChI=1S/C13H25NO/c1-4-11-7-6-8-13(11)10-14-9-12(3,5-2)15-13/h11,14H,4-10H2,1-3H3. The lowest BCUT2D eigenvalue weighted by atomic mass is 9.85. The largest absolute Gasteiger partial charge is 0.366 e. The Balaban J connectivity index is 2.14. The van der Waals surface area contributed by atoms with Crippen LogP contribution in [0.5, 0.6) is 0 Å². The van der Waals surface area contributed by atoms with Gasteiger partial charge in [0.25, 0.3) is 0 Å². The molecule has 2 fully saturated rings. The summed E-state index contributed by atoms with van der Waals surface area (Å²) < 4.78 is 6.51. The van der Waals surface area contributed by atoms with Gasteiger partial charge < -0.3 is 10.1 Å². The van der Waals surface area contributed by atoms with E-state index in [2.05, 4.69) is 26.1 Å². The summed E-state index contributed by atoms with van der Waals surface area (Å²) in [5.74, 6) is 0.774. The predicted molar refractivity (Wildman–Crippen MR) is 63.0 cm³/mol. The van der Waals surface area contributed by atoms with Crippen LogP contribution < -0.4 is 5.32 Å². The second-order valence-electron chi connectivity index (χ2n) is 5.57. The molecular weight excluding hydrogens is 186 g/mol. The van der Waals surface area contributed by atoms with Gasteiger partial charge >= 0.3 is 0 Å². The molecule has 0 radical (unpaired) electrons. The van der Waals surface area contributed by atoms with E-state index in [0.717, 1.165) is 25.4 Å². The molecule has 1 heterocycles. The van der Waals surface area contributed by atoms with Crippen molar-refractivity contribution < 1.29 is 4.74 Å². The minimum Gasteiger partial charge on any atom is -0.366 e. The fraction of sp³-hybridized carbons (Fsp3) is 1.00. The average Bonchev–Trinajstić information content (AvgIpc) is 2.60. The molecule has 1 aliphatic heterocycles. The topological polar surface area (TPSA) is 21.3 Å². The van der Waals surface area contributed by atoms with Crippen LogP contribution in [0.25, 0.3) is 0 Å². The zero-order valence-electron chi connectivity index (χ0n) is 10.4. The molecule has 1 spiro atoms. The van der Waals surface area contributed by atoms with Crippen LogP contribution in [0.3, 0.4) is 0 Å². The van der Waals surface area contributed by atoms with Gasteiger partial charge in [0.1, 0.15) is 0 Å². The smallest absolute Gasteiger partial charge is 0.0842 e. The summed E-state index contributed by atoms with van der Waals surface area (Å²) in [5, 5.41) is 3.60. The predicted octanol–water partition coefficient (Wildman–Crippen LogP) is 2.72. The van der Waals surface area contributed by atoms with Gasteiger partial charge in [-0.1, -0.05) is 26.7 Å². The third-order valence-corrected chi connectivity index (χ3v) is 4.51. The number of rotatable bonds is 2. The maximum absolute atomic E-state index is 6.51. The van der Waals surface area contributed by atoms with Crippen LogP contribution in [0, 0.1) is 5.92 Å². The number of ether oxygens (including phenoxy) is 1. The van der Waals surface area contributed by atoms with E-state index in [1.54, 1.807) is 0 Å². The molecule has 0 bridgehead atoms. The highest BCUT2D eigenvalue weighted by Crippen LogP contribution is 2.44. The molecule has 2 aliphatic rings. The van der Waals surface area contributed by atoms with E-state index in [4.69, 9.17) is 4.74 Å². The first-order valence-corrected chi connectivity index (χ1v) is 6.55. The van der Waals surface area contributed by atoms with Gasteiger partial charge in [-0.15, -0.1) is 0 Å². The molecule has 0 aromatic rings. The Morgan fingerprint density at radius 2 is 2.13 bits per heavy atom. The Labute approximate surface area is 93.8 Å². The molecule has 3 unspecified atom stereocenters. The van der Waals surface area contributed by atoms with Crippen molar-refractivity contribution in [1.29, 1.82) is 0 Å². The highest BCUT2D eigenvalue weighted by molar-refractivity contribution is 5.01. The van der Waals surface area contributed by atoms with E-state index in [1.807, 2.05) is 0 Å². The molecule has 3 atom stereocenters. The fourth-order valence-corrected chi connectivity index (χ4v) is 3.36. The van der Waals surface area contributed by atoms with Crippen LogP contribution in [-0.2, 0) is 4.74 Å². The van der Waals surface area contributed by atoms with E-state index >= 15 is 0 Å². The van der Waals surface area contributed by atoms with Gasteiger partial charge in [0.05, 0.1) is 11.2 Å². The van der Waals surface area contributed by atoms with E-state index in [9.17, 15) is 0 Å². The highest BCUT2D eigenvalue weighted by atomic mass is 16.5. The lowest BCUT2D eigenvalue weighted by molar-refractivity contribution is -0.187. The third kappa shape index (κ3) is 1.94. The van der Waals surface area contributed by atoms with Gasteiger partial charge in [-0.3, -0.25) is 0 Å². The Hall–Kier alpha value is -0.0800. The van der Waals surface area contributed by atoms with Gasteiger partial charge in [-0.25, -0.2) is 0 Å². The van der Waals surface area contributed by atoms with E-state index in [0.29, 0.717) is 0 Å². The first-order chi connectivity index (χ1) is 7.14. The first kappa shape index (κ1) is 11.4. The van der Waals surface area contributed by atoms with Crippen molar-refractivity contribution in [2.75, 3.05) is 13.1 Å². The summed E-state index contributed by atoms with van der Waals surface area (Å²) in [6.45, 7) is 8.88. The highest BCUT2D eigenvalue weighted by Gasteiger charge is 2.49. The molecule has 1 aliphatic carbocycles. The minimum atomic E-state index is 0.0655. The molecular formula is C13H25NO. The van der Waals surface area contributed by atoms with Crippen molar-refractivity contribution in [2.24, 2.45) is 5.92 Å². The monoisotopic (exact) mass is 211 g/mol. The molecule has 1 saturated carbocycles. The van der Waals surface area contributed by atoms with E-state index in [1.165, 1.54) is 25.7 Å². The molecule has 0 amide bonds. The van der Waals surface area contributed by atoms with Crippen molar-refractivity contribution in [2.45, 2.75) is 64.1 Å². The SMILES string of the molecule is CCC1CCCC12CNCC(C)(CC)O2. The third-order valence-electron chi connectivity index (χ3n) is 4.51. The molecule has 2 heteroatoms. The minimum absolute atomic E-state index is 0.0655. The summed E-state index contributed by atoms with van der Waals surface area (Å²) in [6.07, 6.45) is 6.34. The van der Waals surface area contributed by atoms with Crippen LogP contribution >= 0.6 is 0 Å². The van der Waals surface area contributed by atoms with Crippen molar-refractivity contribution >= 4 is 0 Å². The van der Waals surface area contributed by atoms with E-state index < -0.39 is 0 Å². The number of morpholine rings is 1. The van der Waals surface area contributed by atoms with Gasteiger partial charge in [0.2, 0.25) is 0 Å². The van der Waals surface area contributed by atoms with E-state index in [-0.39, 0.29) is 11.2 Å². The Bertz CT molecular complexity index is 231. The van der Waals surface area contributed by atoms with Gasteiger partial charge in [0.15, 0.2) is 0 Å². The van der Waals surface area contributed by atoms with Crippen molar-refractivity contribution in [3.05, 3.63) is 0 Å². The second kappa shape index (κ2) is 4.06. The van der Waals surface area contributed by atoms with Gasteiger partial charge in [-0.05, 0) is 32.1 Å².